The van der Waals surface area contributed by atoms with Crippen molar-refractivity contribution >= 4 is 27.5 Å². The molecule has 0 saturated heterocycles. The number of nitrogens with one attached hydrogen (secondary N) is 2. The Kier molecular flexibility index (Phi) is 3.12. The first-order valence-electron chi connectivity index (χ1n) is 6.00. The molecule has 1 amide bonds. The number of nitrogens with zero attached hydrogens (tertiary/aromatic N) is 1. The summed E-state index contributed by atoms with van der Waals surface area (Å²) in [5.74, 6) is 0.871. The first kappa shape index (κ1) is 12.4. The molecule has 1 aliphatic rings. The Morgan fingerprint density at radius 1 is 1.47 bits per heavy atom. The van der Waals surface area contributed by atoms with Gasteiger partial charge in [-0.2, -0.15) is 0 Å². The van der Waals surface area contributed by atoms with Crippen LogP contribution < -0.4 is 11.1 Å². The van der Waals surface area contributed by atoms with Crippen LogP contribution in [0.5, 0.6) is 0 Å². The molecule has 0 bridgehead atoms. The summed E-state index contributed by atoms with van der Waals surface area (Å²) in [6.45, 7) is 0.458. The lowest BCUT2D eigenvalue weighted by molar-refractivity contribution is -0.115. The fourth-order valence-corrected chi connectivity index (χ4v) is 2.67. The van der Waals surface area contributed by atoms with E-state index in [-0.39, 0.29) is 11.8 Å². The van der Waals surface area contributed by atoms with Crippen molar-refractivity contribution in [3.05, 3.63) is 46.0 Å². The quantitative estimate of drug-likeness (QED) is 0.805. The van der Waals surface area contributed by atoms with Crippen LogP contribution in [0.15, 0.2) is 29.0 Å². The summed E-state index contributed by atoms with van der Waals surface area (Å²) in [5.41, 5.74) is 8.84. The van der Waals surface area contributed by atoms with E-state index in [1.54, 1.807) is 6.20 Å². The number of carbonyl (C=O) groups is 1. The van der Waals surface area contributed by atoms with Crippen molar-refractivity contribution in [1.82, 2.24) is 9.97 Å². The molecular formula is C13H13BrN4O. The Bertz CT molecular complexity index is 637. The Morgan fingerprint density at radius 2 is 2.32 bits per heavy atom. The van der Waals surface area contributed by atoms with Crippen LogP contribution in [0.4, 0.5) is 5.69 Å². The van der Waals surface area contributed by atoms with Gasteiger partial charge in [0.1, 0.15) is 10.4 Å². The number of H-pyrrole nitrogens is 1. The van der Waals surface area contributed by atoms with Crippen LogP contribution in [0.25, 0.3) is 0 Å². The van der Waals surface area contributed by atoms with E-state index < -0.39 is 0 Å². The lowest BCUT2D eigenvalue weighted by Crippen LogP contribution is -2.15. The zero-order chi connectivity index (χ0) is 13.4. The Morgan fingerprint density at radius 3 is 3.00 bits per heavy atom. The van der Waals surface area contributed by atoms with Crippen LogP contribution in [0, 0.1) is 0 Å². The molecule has 5 nitrogen and oxygen atoms in total. The maximum Gasteiger partial charge on any atom is 0.228 e. The van der Waals surface area contributed by atoms with Gasteiger partial charge in [-0.05, 0) is 33.1 Å². The van der Waals surface area contributed by atoms with Crippen molar-refractivity contribution in [3.8, 4) is 0 Å². The average Bonchev–Trinajstić information content (AvgIpc) is 2.95. The van der Waals surface area contributed by atoms with Gasteiger partial charge < -0.3 is 16.0 Å². The minimum Gasteiger partial charge on any atom is -0.336 e. The summed E-state index contributed by atoms with van der Waals surface area (Å²) in [7, 11) is 0. The monoisotopic (exact) mass is 320 g/mol. The number of nitrogens with two attached hydrogens (primary N) is 1. The topological polar surface area (TPSA) is 83.8 Å². The zero-order valence-corrected chi connectivity index (χ0v) is 11.7. The fourth-order valence-electron chi connectivity index (χ4n) is 2.36. The first-order chi connectivity index (χ1) is 9.17. The SMILES string of the molecule is NCC(c1ccc2c(c1)CC(=O)N2)c1ncc(Br)[nH]1. The number of carbonyl (C=O) groups excluding carboxylic acids is 1. The minimum atomic E-state index is 0.00676. The molecule has 1 aliphatic heterocycles. The van der Waals surface area contributed by atoms with E-state index in [2.05, 4.69) is 31.2 Å². The summed E-state index contributed by atoms with van der Waals surface area (Å²) in [5, 5.41) is 2.82. The third-order valence-electron chi connectivity index (χ3n) is 3.29. The second-order valence-electron chi connectivity index (χ2n) is 4.55. The van der Waals surface area contributed by atoms with Crippen LogP contribution in [-0.4, -0.2) is 22.4 Å². The summed E-state index contributed by atoms with van der Waals surface area (Å²) in [6, 6.07) is 5.94. The molecule has 0 fully saturated rings. The van der Waals surface area contributed by atoms with Crippen molar-refractivity contribution in [2.24, 2.45) is 5.73 Å². The highest BCUT2D eigenvalue weighted by Crippen LogP contribution is 2.29. The van der Waals surface area contributed by atoms with Crippen LogP contribution in [0.3, 0.4) is 0 Å². The van der Waals surface area contributed by atoms with Crippen LogP contribution in [0.2, 0.25) is 0 Å². The Hall–Kier alpha value is -1.66. The summed E-state index contributed by atoms with van der Waals surface area (Å²) >= 11 is 3.35. The number of benzene rings is 1. The summed E-state index contributed by atoms with van der Waals surface area (Å²) in [6.07, 6.45) is 2.15. The predicted molar refractivity (Wildman–Crippen MR) is 76.0 cm³/mol. The largest absolute Gasteiger partial charge is 0.336 e. The van der Waals surface area contributed by atoms with Crippen molar-refractivity contribution in [2.45, 2.75) is 12.3 Å². The predicted octanol–water partition coefficient (Wildman–Crippen LogP) is 1.76. The molecule has 2 aromatic rings. The van der Waals surface area contributed by atoms with Gasteiger partial charge in [0, 0.05) is 12.2 Å². The first-order valence-corrected chi connectivity index (χ1v) is 6.80. The van der Waals surface area contributed by atoms with Gasteiger partial charge in [-0.15, -0.1) is 0 Å². The van der Waals surface area contributed by atoms with E-state index in [9.17, 15) is 4.79 Å². The number of aromatic nitrogens is 2. The van der Waals surface area contributed by atoms with Crippen LogP contribution >= 0.6 is 15.9 Å². The van der Waals surface area contributed by atoms with Crippen molar-refractivity contribution in [1.29, 1.82) is 0 Å². The standard InChI is InChI=1S/C13H13BrN4O/c14-11-6-16-13(18-11)9(5-15)7-1-2-10-8(3-7)4-12(19)17-10/h1-3,6,9H,4-5,15H2,(H,16,18)(H,17,19). The lowest BCUT2D eigenvalue weighted by Gasteiger charge is -2.13. The molecule has 0 saturated carbocycles. The van der Waals surface area contributed by atoms with Crippen molar-refractivity contribution < 1.29 is 4.79 Å². The highest BCUT2D eigenvalue weighted by molar-refractivity contribution is 9.10. The number of amides is 1. The number of halogens is 1. The van der Waals surface area contributed by atoms with Crippen molar-refractivity contribution in [2.75, 3.05) is 11.9 Å². The van der Waals surface area contributed by atoms with Gasteiger partial charge in [0.15, 0.2) is 0 Å². The van der Waals surface area contributed by atoms with E-state index in [4.69, 9.17) is 5.73 Å². The molecule has 0 radical (unpaired) electrons. The van der Waals surface area contributed by atoms with Gasteiger partial charge in [0.2, 0.25) is 5.91 Å². The van der Waals surface area contributed by atoms with Gasteiger partial charge >= 0.3 is 0 Å². The maximum absolute atomic E-state index is 11.4. The van der Waals surface area contributed by atoms with E-state index in [1.807, 2.05) is 18.2 Å². The smallest absolute Gasteiger partial charge is 0.228 e. The molecule has 6 heteroatoms. The number of hydrogen-bond donors (Lipinski definition) is 3. The van der Waals surface area contributed by atoms with E-state index in [0.29, 0.717) is 13.0 Å². The Labute approximate surface area is 118 Å². The number of imidazole rings is 1. The second kappa shape index (κ2) is 4.79. The number of hydrogen-bond acceptors (Lipinski definition) is 3. The highest BCUT2D eigenvalue weighted by atomic mass is 79.9. The summed E-state index contributed by atoms with van der Waals surface area (Å²) in [4.78, 5) is 18.8. The number of rotatable bonds is 3. The molecular weight excluding hydrogens is 308 g/mol. The maximum atomic E-state index is 11.4. The molecule has 1 atom stereocenters. The van der Waals surface area contributed by atoms with E-state index >= 15 is 0 Å². The molecule has 19 heavy (non-hydrogen) atoms. The number of aromatic amines is 1. The molecule has 1 aromatic heterocycles. The third kappa shape index (κ3) is 2.29. The third-order valence-corrected chi connectivity index (χ3v) is 3.69. The van der Waals surface area contributed by atoms with Gasteiger partial charge in [-0.1, -0.05) is 12.1 Å². The summed E-state index contributed by atoms with van der Waals surface area (Å²) < 4.78 is 0.832. The molecule has 3 rings (SSSR count). The highest BCUT2D eigenvalue weighted by Gasteiger charge is 2.21. The van der Waals surface area contributed by atoms with Gasteiger partial charge in [0.25, 0.3) is 0 Å². The van der Waals surface area contributed by atoms with Gasteiger partial charge in [-0.25, -0.2) is 4.98 Å². The zero-order valence-electron chi connectivity index (χ0n) is 10.1. The molecule has 0 spiro atoms. The number of anilines is 1. The molecule has 2 heterocycles. The van der Waals surface area contributed by atoms with Crippen molar-refractivity contribution in [3.63, 3.8) is 0 Å². The lowest BCUT2D eigenvalue weighted by atomic mass is 9.96. The Balaban J connectivity index is 1.97. The molecule has 4 N–H and O–H groups in total. The van der Waals surface area contributed by atoms with E-state index in [0.717, 1.165) is 27.2 Å². The molecule has 0 aliphatic carbocycles. The van der Waals surface area contributed by atoms with Gasteiger partial charge in [-0.3, -0.25) is 4.79 Å². The minimum absolute atomic E-state index is 0.00676. The number of fused-ring (bicyclic) bond motifs is 1. The van der Waals surface area contributed by atoms with Crippen LogP contribution in [0.1, 0.15) is 22.9 Å². The average molecular weight is 321 g/mol. The normalized spacial score (nSPS) is 15.2. The molecule has 1 aromatic carbocycles. The fraction of sp³-hybridized carbons (Fsp3) is 0.231. The van der Waals surface area contributed by atoms with E-state index in [1.165, 1.54) is 0 Å². The van der Waals surface area contributed by atoms with Crippen LogP contribution in [-0.2, 0) is 11.2 Å². The van der Waals surface area contributed by atoms with Gasteiger partial charge in [0.05, 0.1) is 18.5 Å². The second-order valence-corrected chi connectivity index (χ2v) is 5.40. The molecule has 1 unspecified atom stereocenters. The molecule has 98 valence electrons.